The Morgan fingerprint density at radius 2 is 1.93 bits per heavy atom. The van der Waals surface area contributed by atoms with Crippen LogP contribution >= 0.6 is 0 Å². The smallest absolute Gasteiger partial charge is 0.217 e. The molecular formula is C32H40N6O3. The van der Waals surface area contributed by atoms with Gasteiger partial charge in [0, 0.05) is 36.0 Å². The lowest BCUT2D eigenvalue weighted by molar-refractivity contribution is -0.131. The van der Waals surface area contributed by atoms with E-state index < -0.39 is 5.41 Å². The summed E-state index contributed by atoms with van der Waals surface area (Å²) in [7, 11) is 2.09. The number of nitrogens with zero attached hydrogens (tertiary/aromatic N) is 3. The molecule has 0 unspecified atom stereocenters. The lowest BCUT2D eigenvalue weighted by Crippen LogP contribution is -2.39. The molecule has 1 saturated heterocycles. The summed E-state index contributed by atoms with van der Waals surface area (Å²) >= 11 is 0. The minimum atomic E-state index is -0.894. The summed E-state index contributed by atoms with van der Waals surface area (Å²) in [6.07, 6.45) is 9.87. The fraction of sp³-hybridized carbons (Fsp3) is 0.469. The molecule has 2 aromatic rings. The largest absolute Gasteiger partial charge is 0.511 e. The van der Waals surface area contributed by atoms with Gasteiger partial charge in [0.15, 0.2) is 5.82 Å². The van der Waals surface area contributed by atoms with Gasteiger partial charge in [-0.25, -0.2) is 4.98 Å². The van der Waals surface area contributed by atoms with Crippen molar-refractivity contribution in [2.45, 2.75) is 76.9 Å². The molecular weight excluding hydrogens is 516 g/mol. The maximum atomic E-state index is 13.0. The predicted octanol–water partition coefficient (Wildman–Crippen LogP) is 5.83. The van der Waals surface area contributed by atoms with Crippen molar-refractivity contribution in [3.05, 3.63) is 71.5 Å². The zero-order valence-electron chi connectivity index (χ0n) is 23.9. The van der Waals surface area contributed by atoms with Crippen LogP contribution in [0.5, 0.6) is 5.88 Å². The molecule has 5 rings (SSSR count). The fourth-order valence-electron chi connectivity index (χ4n) is 6.45. The van der Waals surface area contributed by atoms with Crippen LogP contribution < -0.4 is 10.1 Å². The fourth-order valence-corrected chi connectivity index (χ4v) is 6.45. The Bertz CT molecular complexity index is 1370. The van der Waals surface area contributed by atoms with Crippen molar-refractivity contribution in [1.82, 2.24) is 14.9 Å². The highest BCUT2D eigenvalue weighted by Gasteiger charge is 2.47. The average Bonchev–Trinajstić information content (AvgIpc) is 3.42. The number of likely N-dealkylation sites (N-methyl/N-ethyl adjacent to an activating group) is 1. The van der Waals surface area contributed by atoms with Crippen molar-refractivity contribution >= 4 is 22.9 Å². The quantitative estimate of drug-likeness (QED) is 0.286. The summed E-state index contributed by atoms with van der Waals surface area (Å²) < 4.78 is 6.31. The monoisotopic (exact) mass is 556 g/mol. The van der Waals surface area contributed by atoms with Gasteiger partial charge in [0.05, 0.1) is 16.8 Å². The number of carbonyl (C=O) groups excluding carboxylic acids is 1. The number of hydrogen-bond acceptors (Lipinski definition) is 9. The van der Waals surface area contributed by atoms with Crippen LogP contribution in [0.4, 0.5) is 5.69 Å². The number of para-hydroxylation sites is 1. The first-order chi connectivity index (χ1) is 19.8. The van der Waals surface area contributed by atoms with Crippen molar-refractivity contribution in [2.75, 3.05) is 18.9 Å². The lowest BCUT2D eigenvalue weighted by atomic mass is 9.64. The average molecular weight is 557 g/mol. The van der Waals surface area contributed by atoms with Gasteiger partial charge in [0.1, 0.15) is 23.4 Å². The molecule has 0 amide bonds. The summed E-state index contributed by atoms with van der Waals surface area (Å²) in [5, 5.41) is 32.3. The standard InChI is InChI=1S/C32H40N6O3/c1-21(26-13-9-19-38(26)2)41-28-20-25(24(33)15-18-35-22-10-4-3-5-11-22)36-31(37-28)29(34)23-12-8-17-32(30(23)40)16-7-6-14-27(32)39/h3-5,10-11,15,18,20-21,26,33-35,40H,6-9,12-14,16-17,19H2,1-2H3/b18-15-,33-24?,34-29?/t21-,26-,32+/m0/s1. The molecule has 1 aromatic heterocycles. The predicted molar refractivity (Wildman–Crippen MR) is 160 cm³/mol. The van der Waals surface area contributed by atoms with Crippen LogP contribution in [0.25, 0.3) is 0 Å². The second-order valence-corrected chi connectivity index (χ2v) is 11.5. The molecule has 9 nitrogen and oxygen atoms in total. The molecule has 1 saturated carbocycles. The molecule has 3 atom stereocenters. The van der Waals surface area contributed by atoms with Gasteiger partial charge in [-0.1, -0.05) is 24.6 Å². The van der Waals surface area contributed by atoms with Crippen molar-refractivity contribution in [3.8, 4) is 5.88 Å². The van der Waals surface area contributed by atoms with Gasteiger partial charge in [0.2, 0.25) is 5.88 Å². The van der Waals surface area contributed by atoms with Gasteiger partial charge in [-0.05, 0) is 83.7 Å². The van der Waals surface area contributed by atoms with Gasteiger partial charge in [-0.15, -0.1) is 0 Å². The van der Waals surface area contributed by atoms with Gasteiger partial charge < -0.3 is 15.2 Å². The molecule has 1 spiro atoms. The van der Waals surface area contributed by atoms with Gasteiger partial charge in [-0.3, -0.25) is 20.5 Å². The van der Waals surface area contributed by atoms with E-state index in [1.54, 1.807) is 18.3 Å². The van der Waals surface area contributed by atoms with Crippen molar-refractivity contribution < 1.29 is 14.6 Å². The first-order valence-corrected chi connectivity index (χ1v) is 14.7. The maximum absolute atomic E-state index is 13.0. The maximum Gasteiger partial charge on any atom is 0.217 e. The zero-order chi connectivity index (χ0) is 29.0. The number of nitrogens with one attached hydrogen (secondary N) is 3. The normalized spacial score (nSPS) is 24.1. The van der Waals surface area contributed by atoms with E-state index in [0.717, 1.165) is 37.9 Å². The Hall–Kier alpha value is -3.85. The number of aliphatic hydroxyl groups is 1. The third-order valence-electron chi connectivity index (χ3n) is 8.76. The lowest BCUT2D eigenvalue weighted by Gasteiger charge is -2.39. The first kappa shape index (κ1) is 28.7. The molecule has 2 aliphatic carbocycles. The van der Waals surface area contributed by atoms with Gasteiger partial charge in [-0.2, -0.15) is 4.98 Å². The third-order valence-corrected chi connectivity index (χ3v) is 8.76. The second kappa shape index (κ2) is 12.3. The van der Waals surface area contributed by atoms with Crippen molar-refractivity contribution in [2.24, 2.45) is 5.41 Å². The zero-order valence-corrected chi connectivity index (χ0v) is 23.9. The molecule has 4 N–H and O–H groups in total. The number of rotatable bonds is 9. The van der Waals surface area contributed by atoms with Crippen LogP contribution in [-0.2, 0) is 4.79 Å². The number of allylic oxidation sites excluding steroid dienone is 3. The summed E-state index contributed by atoms with van der Waals surface area (Å²) in [5.74, 6) is 0.451. The summed E-state index contributed by atoms with van der Waals surface area (Å²) in [5.41, 5.74) is 0.844. The van der Waals surface area contributed by atoms with E-state index in [2.05, 4.69) is 27.2 Å². The number of ketones is 1. The Balaban J connectivity index is 1.46. The third kappa shape index (κ3) is 6.10. The Kier molecular flexibility index (Phi) is 8.63. The van der Waals surface area contributed by atoms with Gasteiger partial charge >= 0.3 is 0 Å². The number of ether oxygens (including phenoxy) is 1. The van der Waals surface area contributed by atoms with Crippen LogP contribution in [0.2, 0.25) is 0 Å². The van der Waals surface area contributed by atoms with Crippen molar-refractivity contribution in [3.63, 3.8) is 0 Å². The van der Waals surface area contributed by atoms with E-state index in [-0.39, 0.29) is 46.8 Å². The summed E-state index contributed by atoms with van der Waals surface area (Å²) in [6, 6.07) is 11.5. The van der Waals surface area contributed by atoms with Gasteiger partial charge in [0.25, 0.3) is 0 Å². The number of aliphatic hydroxyl groups excluding tert-OH is 1. The molecule has 41 heavy (non-hydrogen) atoms. The first-order valence-electron chi connectivity index (χ1n) is 14.7. The minimum absolute atomic E-state index is 0.0119. The number of carbonyl (C=O) groups is 1. The number of likely N-dealkylation sites (tertiary alicyclic amines) is 1. The number of benzene rings is 1. The number of anilines is 1. The summed E-state index contributed by atoms with van der Waals surface area (Å²) in [4.78, 5) is 24.5. The van der Waals surface area contributed by atoms with Crippen molar-refractivity contribution in [1.29, 1.82) is 10.8 Å². The second-order valence-electron chi connectivity index (χ2n) is 11.5. The molecule has 0 bridgehead atoms. The van der Waals surface area contributed by atoms with E-state index in [1.807, 2.05) is 37.3 Å². The van der Waals surface area contributed by atoms with Crippen LogP contribution in [-0.4, -0.2) is 62.9 Å². The van der Waals surface area contributed by atoms with E-state index in [1.165, 1.54) is 0 Å². The van der Waals surface area contributed by atoms with E-state index >= 15 is 0 Å². The number of hydrogen-bond donors (Lipinski definition) is 4. The molecule has 3 aliphatic rings. The minimum Gasteiger partial charge on any atom is -0.511 e. The SMILES string of the molecule is C[C@H](Oc1cc(C(=N)/C=C\Nc2ccccc2)nc(C(=N)C2=C(O)[C@]3(CCCCC3=O)CCC2)n1)[C@@H]1CCCN1C. The Labute approximate surface area is 241 Å². The Morgan fingerprint density at radius 3 is 2.66 bits per heavy atom. The molecule has 2 heterocycles. The number of Topliss-reactive ketones (excluding diaryl/α,β-unsaturated/α-hetero) is 1. The van der Waals surface area contributed by atoms with Crippen LogP contribution in [0.15, 0.2) is 60.0 Å². The molecule has 1 aliphatic heterocycles. The van der Waals surface area contributed by atoms with E-state index in [9.17, 15) is 9.90 Å². The Morgan fingerprint density at radius 1 is 1.15 bits per heavy atom. The highest BCUT2D eigenvalue weighted by Crippen LogP contribution is 2.48. The van der Waals surface area contributed by atoms with Crippen LogP contribution in [0.3, 0.4) is 0 Å². The van der Waals surface area contributed by atoms with E-state index in [0.29, 0.717) is 43.4 Å². The number of aromatic nitrogens is 2. The van der Waals surface area contributed by atoms with Crippen LogP contribution in [0, 0.1) is 16.2 Å². The molecule has 216 valence electrons. The summed E-state index contributed by atoms with van der Waals surface area (Å²) in [6.45, 7) is 3.03. The molecule has 1 aromatic carbocycles. The molecule has 2 fully saturated rings. The topological polar surface area (TPSA) is 135 Å². The highest BCUT2D eigenvalue weighted by molar-refractivity contribution is 6.11. The molecule has 0 radical (unpaired) electrons. The van der Waals surface area contributed by atoms with Crippen LogP contribution in [0.1, 0.15) is 76.2 Å². The van der Waals surface area contributed by atoms with E-state index in [4.69, 9.17) is 15.6 Å². The molecule has 9 heteroatoms. The highest BCUT2D eigenvalue weighted by atomic mass is 16.5.